The highest BCUT2D eigenvalue weighted by Gasteiger charge is 2.41. The molecule has 0 saturated carbocycles. The number of nitrogen functional groups attached to an aromatic ring is 2. The van der Waals surface area contributed by atoms with Gasteiger partial charge in [0.1, 0.15) is 13.2 Å². The van der Waals surface area contributed by atoms with Gasteiger partial charge in [-0.05, 0) is 122 Å². The highest BCUT2D eigenvalue weighted by Crippen LogP contribution is 2.38. The van der Waals surface area contributed by atoms with Crippen molar-refractivity contribution < 1.29 is 19.1 Å². The molecule has 6 aliphatic heterocycles. The highest BCUT2D eigenvalue weighted by atomic mass is 79.9. The molecule has 448 valence electrons. The van der Waals surface area contributed by atoms with Crippen molar-refractivity contribution in [3.8, 4) is 0 Å². The number of amides is 2. The Balaban J connectivity index is 0.000000176. The maximum atomic E-state index is 12.5. The predicted molar refractivity (Wildman–Crippen MR) is 336 cm³/mol. The lowest BCUT2D eigenvalue weighted by Crippen LogP contribution is -2.54. The Morgan fingerprint density at radius 3 is 1.48 bits per heavy atom. The summed E-state index contributed by atoms with van der Waals surface area (Å²) in [5.41, 5.74) is 19.3. The first-order valence-corrected chi connectivity index (χ1v) is 30.6. The molecule has 2 aromatic carbocycles. The zero-order valence-electron chi connectivity index (χ0n) is 47.3. The molecule has 0 radical (unpaired) electrons. The van der Waals surface area contributed by atoms with E-state index in [1.807, 2.05) is 88.9 Å². The fourth-order valence-corrected chi connectivity index (χ4v) is 12.8. The molecule has 0 spiro atoms. The van der Waals surface area contributed by atoms with Crippen LogP contribution in [0.3, 0.4) is 0 Å². The van der Waals surface area contributed by atoms with Crippen molar-refractivity contribution in [2.24, 2.45) is 0 Å². The summed E-state index contributed by atoms with van der Waals surface area (Å²) in [6.45, 7) is 13.0. The molecule has 2 amide bonds. The molecular weight excluding hydrogens is 1200 g/mol. The van der Waals surface area contributed by atoms with E-state index in [-0.39, 0.29) is 24.6 Å². The second kappa shape index (κ2) is 30.7. The Labute approximate surface area is 517 Å². The van der Waals surface area contributed by atoms with Gasteiger partial charge < -0.3 is 50.8 Å². The number of fused-ring (bicyclic) bond motifs is 4. The molecule has 0 aliphatic carbocycles. The van der Waals surface area contributed by atoms with Crippen LogP contribution in [0.2, 0.25) is 10.3 Å². The van der Waals surface area contributed by atoms with Crippen molar-refractivity contribution in [3.05, 3.63) is 147 Å². The van der Waals surface area contributed by atoms with Crippen LogP contribution < -0.4 is 31.5 Å². The summed E-state index contributed by atoms with van der Waals surface area (Å²) in [6, 6.07) is 34.0. The average Bonchev–Trinajstić information content (AvgIpc) is 3.19. The van der Waals surface area contributed by atoms with Crippen LogP contribution in [0.1, 0.15) is 61.0 Å². The number of hydrogen-bond acceptors (Lipinski definition) is 18. The topological polar surface area (TPSA) is 217 Å². The average molecular weight is 1270 g/mol. The molecule has 6 fully saturated rings. The minimum Gasteiger partial charge on any atom is -0.445 e. The van der Waals surface area contributed by atoms with Gasteiger partial charge in [-0.3, -0.25) is 19.8 Å². The van der Waals surface area contributed by atoms with Gasteiger partial charge in [0.15, 0.2) is 21.9 Å². The van der Waals surface area contributed by atoms with E-state index in [0.29, 0.717) is 76.9 Å². The number of anilines is 5. The monoisotopic (exact) mass is 1270 g/mol. The maximum Gasteiger partial charge on any atom is 0.410 e. The van der Waals surface area contributed by atoms with Gasteiger partial charge >= 0.3 is 12.2 Å². The molecule has 4 aromatic heterocycles. The predicted octanol–water partition coefficient (Wildman–Crippen LogP) is 8.66. The summed E-state index contributed by atoms with van der Waals surface area (Å²) in [7, 11) is 0. The maximum absolute atomic E-state index is 12.5. The first-order valence-electron chi connectivity index (χ1n) is 29.0. The lowest BCUT2D eigenvalue weighted by molar-refractivity contribution is 0.0709. The zero-order valence-corrected chi connectivity index (χ0v) is 51.2. The van der Waals surface area contributed by atoms with E-state index < -0.39 is 0 Å². The number of nitrogens with one attached hydrogen (secondary N) is 1. The number of rotatable bonds is 15. The van der Waals surface area contributed by atoms with E-state index in [2.05, 4.69) is 100 Å². The number of piperazine rings is 4. The third kappa shape index (κ3) is 17.0. The minimum atomic E-state index is -0.228. The van der Waals surface area contributed by atoms with Gasteiger partial charge in [0.25, 0.3) is 0 Å². The fraction of sp³-hybridized carbons (Fsp3) is 0.467. The normalized spacial score (nSPS) is 20.2. The van der Waals surface area contributed by atoms with Gasteiger partial charge in [-0.25, -0.2) is 9.59 Å². The van der Waals surface area contributed by atoms with Crippen molar-refractivity contribution in [2.45, 2.75) is 88.7 Å². The van der Waals surface area contributed by atoms with Crippen molar-refractivity contribution in [2.75, 3.05) is 118 Å². The Morgan fingerprint density at radius 1 is 0.571 bits per heavy atom. The first-order chi connectivity index (χ1) is 40.5. The number of carbonyl (C=O) groups is 2. The van der Waals surface area contributed by atoms with Gasteiger partial charge in [-0.2, -0.15) is 0 Å². The summed E-state index contributed by atoms with van der Waals surface area (Å²) in [5, 5.41) is 19.2. The Hall–Kier alpha value is -6.33. The smallest absolute Gasteiger partial charge is 0.410 e. The van der Waals surface area contributed by atoms with Gasteiger partial charge in [0, 0.05) is 144 Å². The van der Waals surface area contributed by atoms with Gasteiger partial charge in [-0.15, -0.1) is 32.8 Å². The molecule has 12 rings (SSSR count). The molecule has 20 nitrogen and oxygen atoms in total. The van der Waals surface area contributed by atoms with Crippen LogP contribution in [-0.2, 0) is 35.5 Å². The van der Waals surface area contributed by atoms with Crippen LogP contribution in [0, 0.1) is 0 Å². The van der Waals surface area contributed by atoms with Crippen molar-refractivity contribution in [3.63, 3.8) is 0 Å². The standard InChI is InChI=1S/C30H37ClN8O2.C26H35N5O2.C4H3BrClN3.ClH/c31-28-18-27(29(32)35-34-28)38-19-25-8-9-26(20-38)39(25)24-10-11-33-23(17-24)7-4-12-36-13-15-37(16-14-36)30(40)41-21-22-5-2-1-3-6-22;32-26(33-20-21-5-2-1-3-6-21)30-15-13-29(14-16-30)12-4-7-22-17-23(10-11-28-22)31-24-8-9-25(31)19-27-18-24;5-2-1-3(6)8-9-4(2)7;/h1-3,5-6,10-11,17-18,25-26H,4,7-9,12-16,19-21H2,(H2,32,35);1-3,5-6,10-11,17,24-25,27H,4,7-9,12-16,18-20H2;1H,(H2,7,9);1H. The Kier molecular flexibility index (Phi) is 22.7. The summed E-state index contributed by atoms with van der Waals surface area (Å²) in [6.07, 6.45) is 12.4. The number of nitrogens with zero attached hydrogens (tertiary/aromatic N) is 13. The van der Waals surface area contributed by atoms with Gasteiger partial charge in [0.2, 0.25) is 0 Å². The number of carbonyl (C=O) groups excluding carboxylic acids is 2. The van der Waals surface area contributed by atoms with Crippen LogP contribution in [-0.4, -0.2) is 178 Å². The molecular formula is C60H76BrCl3N16O4. The Bertz CT molecular complexity index is 3030. The van der Waals surface area contributed by atoms with E-state index in [4.69, 9.17) is 44.1 Å². The van der Waals surface area contributed by atoms with E-state index in [9.17, 15) is 9.59 Å². The number of pyridine rings is 2. The quantitative estimate of drug-likeness (QED) is 0.0876. The molecule has 6 aliphatic rings. The highest BCUT2D eigenvalue weighted by molar-refractivity contribution is 9.10. The second-order valence-electron chi connectivity index (χ2n) is 21.9. The summed E-state index contributed by atoms with van der Waals surface area (Å²) in [5.74, 6) is 0.775. The zero-order chi connectivity index (χ0) is 57.5. The number of halogens is 4. The summed E-state index contributed by atoms with van der Waals surface area (Å²) in [4.78, 5) is 50.2. The van der Waals surface area contributed by atoms with Crippen molar-refractivity contribution in [1.29, 1.82) is 0 Å². The van der Waals surface area contributed by atoms with Crippen LogP contribution in [0.4, 0.5) is 38.3 Å². The molecule has 6 saturated heterocycles. The lowest BCUT2D eigenvalue weighted by atomic mass is 10.1. The molecule has 4 atom stereocenters. The van der Waals surface area contributed by atoms with Crippen LogP contribution in [0.15, 0.2) is 114 Å². The number of benzene rings is 2. The molecule has 24 heteroatoms. The molecule has 5 N–H and O–H groups in total. The van der Waals surface area contributed by atoms with Gasteiger partial charge in [-0.1, -0.05) is 83.9 Å². The van der Waals surface area contributed by atoms with Gasteiger partial charge in [0.05, 0.1) is 10.2 Å². The van der Waals surface area contributed by atoms with Crippen molar-refractivity contribution in [1.82, 2.24) is 55.3 Å². The number of aromatic nitrogens is 6. The molecule has 84 heavy (non-hydrogen) atoms. The molecule has 4 unspecified atom stereocenters. The number of nitrogens with two attached hydrogens (primary N) is 2. The third-order valence-corrected chi connectivity index (χ3v) is 17.4. The third-order valence-electron chi connectivity index (χ3n) is 16.4. The largest absolute Gasteiger partial charge is 0.445 e. The number of ether oxygens (including phenoxy) is 2. The Morgan fingerprint density at radius 2 is 1.01 bits per heavy atom. The SMILES string of the molecule is Cl.Nc1nnc(Cl)cc1Br.Nc1nnc(Cl)cc1N1CC2CCC(C1)N2c1ccnc(CCCN2CCN(C(=O)OCc3ccccc3)CC2)c1.O=C(OCc1ccccc1)N1CCN(CCCc2cc(N3C4CCC3CNC4)ccn2)CC1. The summed E-state index contributed by atoms with van der Waals surface area (Å²) < 4.78 is 11.6. The molecule has 10 heterocycles. The van der Waals surface area contributed by atoms with E-state index in [1.165, 1.54) is 29.9 Å². The molecule has 4 bridgehead atoms. The van der Waals surface area contributed by atoms with E-state index in [1.54, 1.807) is 6.07 Å². The number of hydrogen-bond donors (Lipinski definition) is 3. The first kappa shape index (κ1) is 62.2. The van der Waals surface area contributed by atoms with Crippen LogP contribution in [0.25, 0.3) is 0 Å². The fourth-order valence-electron chi connectivity index (χ4n) is 12.1. The minimum absolute atomic E-state index is 0. The molecule has 6 aromatic rings. The number of aryl methyl sites for hydroxylation is 2. The lowest BCUT2D eigenvalue weighted by Gasteiger charge is -2.43. The van der Waals surface area contributed by atoms with Crippen LogP contribution in [0.5, 0.6) is 0 Å². The van der Waals surface area contributed by atoms with Crippen LogP contribution >= 0.6 is 51.5 Å². The van der Waals surface area contributed by atoms with E-state index in [0.717, 1.165) is 140 Å². The summed E-state index contributed by atoms with van der Waals surface area (Å²) >= 11 is 14.7. The van der Waals surface area contributed by atoms with E-state index >= 15 is 0 Å². The van der Waals surface area contributed by atoms with Crippen molar-refractivity contribution >= 4 is 92.4 Å². The second-order valence-corrected chi connectivity index (χ2v) is 23.6.